The third kappa shape index (κ3) is 5.75. The van der Waals surface area contributed by atoms with Crippen LogP contribution in [0, 0.1) is 0 Å². The second-order valence-electron chi connectivity index (χ2n) is 6.99. The SMILES string of the molecule is CCCC[Si](CCCC)(CCCC)C1C=CCCCC1. The lowest BCUT2D eigenvalue weighted by Crippen LogP contribution is -2.39. The second kappa shape index (κ2) is 10.7. The monoisotopic (exact) mass is 294 g/mol. The van der Waals surface area contributed by atoms with Crippen molar-refractivity contribution in [3.05, 3.63) is 12.2 Å². The topological polar surface area (TPSA) is 0 Å². The molecule has 0 heterocycles. The molecule has 0 aromatic heterocycles. The van der Waals surface area contributed by atoms with E-state index in [1.165, 1.54) is 64.2 Å². The van der Waals surface area contributed by atoms with Crippen molar-refractivity contribution in [2.75, 3.05) is 0 Å². The molecule has 0 aromatic carbocycles. The largest absolute Gasteiger partial charge is 0.0885 e. The van der Waals surface area contributed by atoms with Gasteiger partial charge in [-0.1, -0.05) is 96.0 Å². The molecule has 1 unspecified atom stereocenters. The molecule has 0 amide bonds. The summed E-state index contributed by atoms with van der Waals surface area (Å²) in [4.78, 5) is 0. The smallest absolute Gasteiger partial charge is 0.0605 e. The van der Waals surface area contributed by atoms with Crippen LogP contribution in [0.1, 0.15) is 85.0 Å². The maximum absolute atomic E-state index is 2.68. The molecule has 0 spiro atoms. The van der Waals surface area contributed by atoms with E-state index < -0.39 is 8.07 Å². The molecule has 0 aromatic rings. The van der Waals surface area contributed by atoms with Gasteiger partial charge in [0.05, 0.1) is 8.07 Å². The van der Waals surface area contributed by atoms with Crippen LogP contribution in [0.5, 0.6) is 0 Å². The zero-order valence-electron chi connectivity index (χ0n) is 14.4. The first kappa shape index (κ1) is 18.0. The molecule has 0 saturated carbocycles. The number of hydrogen-bond acceptors (Lipinski definition) is 0. The van der Waals surface area contributed by atoms with Gasteiger partial charge in [0.1, 0.15) is 0 Å². The summed E-state index contributed by atoms with van der Waals surface area (Å²) in [6.07, 6.45) is 19.6. The average Bonchev–Trinajstić information content (AvgIpc) is 2.76. The van der Waals surface area contributed by atoms with Crippen LogP contribution in [-0.4, -0.2) is 8.07 Å². The van der Waals surface area contributed by atoms with Crippen molar-refractivity contribution in [1.82, 2.24) is 0 Å². The maximum atomic E-state index is 2.68. The van der Waals surface area contributed by atoms with Gasteiger partial charge in [0.15, 0.2) is 0 Å². The minimum atomic E-state index is -1.08. The summed E-state index contributed by atoms with van der Waals surface area (Å²) < 4.78 is 0. The number of rotatable bonds is 10. The number of allylic oxidation sites excluding steroid dienone is 2. The highest BCUT2D eigenvalue weighted by Gasteiger charge is 2.37. The number of hydrogen-bond donors (Lipinski definition) is 0. The van der Waals surface area contributed by atoms with Crippen LogP contribution >= 0.6 is 0 Å². The minimum Gasteiger partial charge on any atom is -0.0885 e. The van der Waals surface area contributed by atoms with Crippen LogP contribution in [0.4, 0.5) is 0 Å². The lowest BCUT2D eigenvalue weighted by atomic mass is 10.2. The van der Waals surface area contributed by atoms with E-state index in [2.05, 4.69) is 32.9 Å². The maximum Gasteiger partial charge on any atom is 0.0605 e. The first-order valence-electron chi connectivity index (χ1n) is 9.45. The first-order valence-corrected chi connectivity index (χ1v) is 12.2. The number of unbranched alkanes of at least 4 members (excludes halogenated alkanes) is 3. The van der Waals surface area contributed by atoms with Crippen LogP contribution in [0.15, 0.2) is 12.2 Å². The molecule has 0 aliphatic heterocycles. The van der Waals surface area contributed by atoms with Crippen molar-refractivity contribution in [3.63, 3.8) is 0 Å². The molecule has 0 saturated heterocycles. The first-order chi connectivity index (χ1) is 9.79. The summed E-state index contributed by atoms with van der Waals surface area (Å²) in [7, 11) is -1.08. The fraction of sp³-hybridized carbons (Fsp3) is 0.895. The molecule has 0 bridgehead atoms. The Balaban J connectivity index is 2.84. The Hall–Kier alpha value is -0.0431. The quantitative estimate of drug-likeness (QED) is 0.292. The summed E-state index contributed by atoms with van der Waals surface area (Å²) >= 11 is 0. The van der Waals surface area contributed by atoms with Crippen LogP contribution < -0.4 is 0 Å². The van der Waals surface area contributed by atoms with E-state index >= 15 is 0 Å². The van der Waals surface area contributed by atoms with E-state index in [1.54, 1.807) is 18.1 Å². The van der Waals surface area contributed by atoms with E-state index in [0.717, 1.165) is 5.54 Å². The van der Waals surface area contributed by atoms with Crippen molar-refractivity contribution in [1.29, 1.82) is 0 Å². The predicted octanol–water partition coefficient (Wildman–Crippen LogP) is 7.34. The van der Waals surface area contributed by atoms with Gasteiger partial charge in [0.25, 0.3) is 0 Å². The Morgan fingerprint density at radius 1 is 0.850 bits per heavy atom. The second-order valence-corrected chi connectivity index (χ2v) is 12.0. The summed E-state index contributed by atoms with van der Waals surface area (Å²) in [6, 6.07) is 4.83. The molecule has 1 aliphatic rings. The zero-order valence-corrected chi connectivity index (χ0v) is 15.4. The summed E-state index contributed by atoms with van der Waals surface area (Å²) in [5, 5.41) is 0. The summed E-state index contributed by atoms with van der Waals surface area (Å²) in [5.74, 6) is 0. The minimum absolute atomic E-state index is 1.01. The van der Waals surface area contributed by atoms with Crippen molar-refractivity contribution in [3.8, 4) is 0 Å². The molecule has 0 fully saturated rings. The van der Waals surface area contributed by atoms with Crippen molar-refractivity contribution in [2.45, 2.75) is 109 Å². The van der Waals surface area contributed by atoms with Gasteiger partial charge in [0.2, 0.25) is 0 Å². The van der Waals surface area contributed by atoms with E-state index in [4.69, 9.17) is 0 Å². The Bertz CT molecular complexity index is 235. The lowest BCUT2D eigenvalue weighted by molar-refractivity contribution is 0.682. The Labute approximate surface area is 129 Å². The van der Waals surface area contributed by atoms with Gasteiger partial charge in [-0.05, 0) is 24.8 Å². The molecule has 0 nitrogen and oxygen atoms in total. The van der Waals surface area contributed by atoms with Gasteiger partial charge in [-0.2, -0.15) is 0 Å². The van der Waals surface area contributed by atoms with Crippen molar-refractivity contribution < 1.29 is 0 Å². The van der Waals surface area contributed by atoms with E-state index in [1.807, 2.05) is 0 Å². The van der Waals surface area contributed by atoms with Gasteiger partial charge in [-0.25, -0.2) is 0 Å². The molecule has 0 N–H and O–H groups in total. The molecular formula is C19H38Si. The van der Waals surface area contributed by atoms with Crippen LogP contribution in [0.25, 0.3) is 0 Å². The average molecular weight is 295 g/mol. The van der Waals surface area contributed by atoms with Crippen LogP contribution in [0.2, 0.25) is 23.7 Å². The molecule has 20 heavy (non-hydrogen) atoms. The van der Waals surface area contributed by atoms with Crippen molar-refractivity contribution in [2.24, 2.45) is 0 Å². The highest BCUT2D eigenvalue weighted by molar-refractivity contribution is 6.81. The molecule has 118 valence electrons. The van der Waals surface area contributed by atoms with Gasteiger partial charge in [-0.3, -0.25) is 0 Å². The Morgan fingerprint density at radius 2 is 1.40 bits per heavy atom. The fourth-order valence-corrected chi connectivity index (χ4v) is 10.4. The lowest BCUT2D eigenvalue weighted by Gasteiger charge is -2.38. The van der Waals surface area contributed by atoms with Gasteiger partial charge < -0.3 is 0 Å². The summed E-state index contributed by atoms with van der Waals surface area (Å²) in [6.45, 7) is 7.13. The highest BCUT2D eigenvalue weighted by Crippen LogP contribution is 2.43. The molecule has 1 heteroatoms. The third-order valence-corrected chi connectivity index (χ3v) is 11.5. The standard InChI is InChI=1S/C19H38Si/c1-4-7-16-20(17-8-5-2,18-9-6-3)19-14-12-10-11-13-15-19/h12,14,19H,4-11,13,15-18H2,1-3H3. The van der Waals surface area contributed by atoms with E-state index in [-0.39, 0.29) is 0 Å². The van der Waals surface area contributed by atoms with Gasteiger partial charge in [-0.15, -0.1) is 0 Å². The molecule has 1 atom stereocenters. The summed E-state index contributed by atoms with van der Waals surface area (Å²) in [5.41, 5.74) is 1.01. The normalized spacial score (nSPS) is 20.1. The van der Waals surface area contributed by atoms with Gasteiger partial charge >= 0.3 is 0 Å². The van der Waals surface area contributed by atoms with Gasteiger partial charge in [0, 0.05) is 0 Å². The molecule has 0 radical (unpaired) electrons. The van der Waals surface area contributed by atoms with Crippen LogP contribution in [0.3, 0.4) is 0 Å². The van der Waals surface area contributed by atoms with Crippen LogP contribution in [-0.2, 0) is 0 Å². The molecule has 1 aliphatic carbocycles. The molecular weight excluding hydrogens is 256 g/mol. The Morgan fingerprint density at radius 3 is 1.90 bits per heavy atom. The van der Waals surface area contributed by atoms with E-state index in [9.17, 15) is 0 Å². The highest BCUT2D eigenvalue weighted by atomic mass is 28.3. The molecule has 1 rings (SSSR count). The fourth-order valence-electron chi connectivity index (χ4n) is 4.01. The zero-order chi connectivity index (χ0) is 14.7. The Kier molecular flexibility index (Phi) is 9.59. The predicted molar refractivity (Wildman–Crippen MR) is 96.3 cm³/mol. The third-order valence-electron chi connectivity index (χ3n) is 5.38. The van der Waals surface area contributed by atoms with E-state index in [0.29, 0.717) is 0 Å². The van der Waals surface area contributed by atoms with Crippen molar-refractivity contribution >= 4 is 8.07 Å².